The van der Waals surface area contributed by atoms with Gasteiger partial charge in [-0.3, -0.25) is 14.6 Å². The lowest BCUT2D eigenvalue weighted by Crippen LogP contribution is -2.51. The van der Waals surface area contributed by atoms with Gasteiger partial charge >= 0.3 is 0 Å². The third-order valence-corrected chi connectivity index (χ3v) is 3.83. The first-order chi connectivity index (χ1) is 9.29. The van der Waals surface area contributed by atoms with Crippen molar-refractivity contribution in [3.05, 3.63) is 0 Å². The van der Waals surface area contributed by atoms with Gasteiger partial charge in [0.1, 0.15) is 6.10 Å². The summed E-state index contributed by atoms with van der Waals surface area (Å²) in [6, 6.07) is 0. The fraction of sp³-hybridized carbons (Fsp3) is 0.923. The Labute approximate surface area is 115 Å². The summed E-state index contributed by atoms with van der Waals surface area (Å²) < 4.78 is 5.54. The first-order valence-electron chi connectivity index (χ1n) is 7.34. The van der Waals surface area contributed by atoms with Crippen LogP contribution in [0.5, 0.6) is 0 Å². The maximum absolute atomic E-state index is 12.0. The molecule has 2 aliphatic heterocycles. The lowest BCUT2D eigenvalue weighted by atomic mass is 10.2. The Hall–Kier alpha value is -0.690. The molecule has 6 heteroatoms. The van der Waals surface area contributed by atoms with Crippen LogP contribution in [0.3, 0.4) is 0 Å². The molecule has 0 saturated carbocycles. The highest BCUT2D eigenvalue weighted by Gasteiger charge is 2.25. The highest BCUT2D eigenvalue weighted by Crippen LogP contribution is 2.04. The Balaban J connectivity index is 1.63. The molecular formula is C13H26N4O2. The summed E-state index contributed by atoms with van der Waals surface area (Å²) in [4.78, 5) is 16.6. The smallest absolute Gasteiger partial charge is 0.250 e. The lowest BCUT2D eigenvalue weighted by molar-refractivity contribution is -0.138. The van der Waals surface area contributed by atoms with Gasteiger partial charge < -0.3 is 15.4 Å². The Morgan fingerprint density at radius 3 is 2.84 bits per heavy atom. The number of nitrogens with one attached hydrogen (secondary N) is 2. The summed E-state index contributed by atoms with van der Waals surface area (Å²) in [6.45, 7) is 11.3. The van der Waals surface area contributed by atoms with E-state index in [1.807, 2.05) is 0 Å². The van der Waals surface area contributed by atoms with Crippen LogP contribution in [0, 0.1) is 0 Å². The molecular weight excluding hydrogens is 244 g/mol. The summed E-state index contributed by atoms with van der Waals surface area (Å²) in [5.74, 6) is 0.0354. The predicted octanol–water partition coefficient (Wildman–Crippen LogP) is -1.27. The molecule has 2 fully saturated rings. The Kier molecular flexibility index (Phi) is 6.03. The number of piperazine rings is 1. The molecule has 0 aromatic heterocycles. The molecule has 1 amide bonds. The second-order valence-corrected chi connectivity index (χ2v) is 5.14. The number of carbonyl (C=O) groups is 1. The number of nitrogens with zero attached hydrogens (tertiary/aromatic N) is 2. The lowest BCUT2D eigenvalue weighted by Gasteiger charge is -2.31. The number of carbonyl (C=O) groups excluding carboxylic acids is 1. The van der Waals surface area contributed by atoms with E-state index in [1.54, 1.807) is 0 Å². The molecule has 2 heterocycles. The standard InChI is InChI=1S/C13H26N4O2/c1-2-16-9-10-19-12(11-16)13(18)15-5-8-17-6-3-14-4-7-17/h12,14H,2-11H2,1H3,(H,15,18). The Bertz CT molecular complexity index is 282. The Morgan fingerprint density at radius 2 is 2.11 bits per heavy atom. The van der Waals surface area contributed by atoms with Crippen LogP contribution in [0.15, 0.2) is 0 Å². The molecule has 0 radical (unpaired) electrons. The minimum atomic E-state index is -0.295. The number of hydrogen-bond acceptors (Lipinski definition) is 5. The molecule has 0 spiro atoms. The molecule has 2 N–H and O–H groups in total. The van der Waals surface area contributed by atoms with Crippen LogP contribution in [-0.4, -0.2) is 87.3 Å². The first kappa shape index (κ1) is 14.7. The summed E-state index contributed by atoms with van der Waals surface area (Å²) in [7, 11) is 0. The Morgan fingerprint density at radius 1 is 1.32 bits per heavy atom. The largest absolute Gasteiger partial charge is 0.366 e. The maximum atomic E-state index is 12.0. The minimum Gasteiger partial charge on any atom is -0.366 e. The molecule has 6 nitrogen and oxygen atoms in total. The van der Waals surface area contributed by atoms with Crippen molar-refractivity contribution in [3.8, 4) is 0 Å². The summed E-state index contributed by atoms with van der Waals surface area (Å²) >= 11 is 0. The number of ether oxygens (including phenoxy) is 1. The van der Waals surface area contributed by atoms with Crippen LogP contribution in [0.1, 0.15) is 6.92 Å². The third kappa shape index (κ3) is 4.72. The number of amides is 1. The van der Waals surface area contributed by atoms with Crippen molar-refractivity contribution < 1.29 is 9.53 Å². The van der Waals surface area contributed by atoms with E-state index in [0.717, 1.165) is 52.4 Å². The molecule has 2 aliphatic rings. The van der Waals surface area contributed by atoms with Crippen LogP contribution in [0.2, 0.25) is 0 Å². The van der Waals surface area contributed by atoms with Gasteiger partial charge in [0.05, 0.1) is 6.61 Å². The van der Waals surface area contributed by atoms with E-state index in [2.05, 4.69) is 27.4 Å². The normalized spacial score (nSPS) is 26.3. The highest BCUT2D eigenvalue weighted by atomic mass is 16.5. The fourth-order valence-corrected chi connectivity index (χ4v) is 2.53. The van der Waals surface area contributed by atoms with Gasteiger partial charge in [-0.25, -0.2) is 0 Å². The zero-order chi connectivity index (χ0) is 13.5. The number of rotatable bonds is 5. The molecule has 0 aliphatic carbocycles. The van der Waals surface area contributed by atoms with E-state index >= 15 is 0 Å². The van der Waals surface area contributed by atoms with Crippen molar-refractivity contribution in [2.75, 3.05) is 65.5 Å². The van der Waals surface area contributed by atoms with Crippen LogP contribution < -0.4 is 10.6 Å². The minimum absolute atomic E-state index is 0.0354. The van der Waals surface area contributed by atoms with Crippen LogP contribution in [-0.2, 0) is 9.53 Å². The van der Waals surface area contributed by atoms with Gasteiger partial charge in [-0.05, 0) is 6.54 Å². The van der Waals surface area contributed by atoms with E-state index in [9.17, 15) is 4.79 Å². The van der Waals surface area contributed by atoms with Gasteiger partial charge in [0, 0.05) is 52.4 Å². The zero-order valence-corrected chi connectivity index (χ0v) is 11.9. The number of hydrogen-bond donors (Lipinski definition) is 2. The van der Waals surface area contributed by atoms with E-state index in [1.165, 1.54) is 0 Å². The average molecular weight is 270 g/mol. The van der Waals surface area contributed by atoms with E-state index in [-0.39, 0.29) is 12.0 Å². The summed E-state index contributed by atoms with van der Waals surface area (Å²) in [6.07, 6.45) is -0.295. The quantitative estimate of drug-likeness (QED) is 0.652. The number of morpholine rings is 1. The van der Waals surface area contributed by atoms with Crippen LogP contribution in [0.4, 0.5) is 0 Å². The van der Waals surface area contributed by atoms with Crippen molar-refractivity contribution >= 4 is 5.91 Å². The highest BCUT2D eigenvalue weighted by molar-refractivity contribution is 5.81. The summed E-state index contributed by atoms with van der Waals surface area (Å²) in [5, 5.41) is 6.31. The molecule has 0 aromatic carbocycles. The second-order valence-electron chi connectivity index (χ2n) is 5.14. The molecule has 0 bridgehead atoms. The maximum Gasteiger partial charge on any atom is 0.250 e. The SMILES string of the molecule is CCN1CCOC(C(=O)NCCN2CCNCC2)C1. The first-order valence-corrected chi connectivity index (χ1v) is 7.34. The van der Waals surface area contributed by atoms with Gasteiger partial charge in [-0.2, -0.15) is 0 Å². The molecule has 1 unspecified atom stereocenters. The van der Waals surface area contributed by atoms with Gasteiger partial charge in [0.15, 0.2) is 0 Å². The molecule has 0 aromatic rings. The summed E-state index contributed by atoms with van der Waals surface area (Å²) in [5.41, 5.74) is 0. The average Bonchev–Trinajstić information content (AvgIpc) is 2.48. The van der Waals surface area contributed by atoms with E-state index < -0.39 is 0 Å². The van der Waals surface area contributed by atoms with Gasteiger partial charge in [0.25, 0.3) is 5.91 Å². The predicted molar refractivity (Wildman–Crippen MR) is 74.2 cm³/mol. The zero-order valence-electron chi connectivity index (χ0n) is 11.9. The van der Waals surface area contributed by atoms with Gasteiger partial charge in [-0.15, -0.1) is 0 Å². The topological polar surface area (TPSA) is 56.8 Å². The fourth-order valence-electron chi connectivity index (χ4n) is 2.53. The second kappa shape index (κ2) is 7.79. The monoisotopic (exact) mass is 270 g/mol. The molecule has 2 rings (SSSR count). The molecule has 2 saturated heterocycles. The third-order valence-electron chi connectivity index (χ3n) is 3.83. The van der Waals surface area contributed by atoms with Crippen molar-refractivity contribution in [1.82, 2.24) is 20.4 Å². The molecule has 1 atom stereocenters. The van der Waals surface area contributed by atoms with E-state index in [4.69, 9.17) is 4.74 Å². The van der Waals surface area contributed by atoms with Gasteiger partial charge in [-0.1, -0.05) is 6.92 Å². The van der Waals surface area contributed by atoms with Crippen molar-refractivity contribution in [2.45, 2.75) is 13.0 Å². The van der Waals surface area contributed by atoms with Gasteiger partial charge in [0.2, 0.25) is 0 Å². The van der Waals surface area contributed by atoms with Crippen molar-refractivity contribution in [2.24, 2.45) is 0 Å². The van der Waals surface area contributed by atoms with Crippen molar-refractivity contribution in [1.29, 1.82) is 0 Å². The molecule has 110 valence electrons. The van der Waals surface area contributed by atoms with Crippen LogP contribution in [0.25, 0.3) is 0 Å². The number of likely N-dealkylation sites (N-methyl/N-ethyl adjacent to an activating group) is 1. The van der Waals surface area contributed by atoms with Crippen molar-refractivity contribution in [3.63, 3.8) is 0 Å². The molecule has 19 heavy (non-hydrogen) atoms. The van der Waals surface area contributed by atoms with E-state index in [0.29, 0.717) is 13.2 Å². The van der Waals surface area contributed by atoms with Crippen LogP contribution >= 0.6 is 0 Å².